The number of carbonyl (C=O) groups excluding carboxylic acids is 1. The summed E-state index contributed by atoms with van der Waals surface area (Å²) in [6.45, 7) is -0.332. The van der Waals surface area contributed by atoms with Crippen molar-refractivity contribution in [2.45, 2.75) is 43.9 Å². The fraction of sp³-hybridized carbons (Fsp3) is 0.444. The Labute approximate surface area is 141 Å². The summed E-state index contributed by atoms with van der Waals surface area (Å²) in [6, 6.07) is 9.12. The Morgan fingerprint density at radius 2 is 2.12 bits per heavy atom. The molecule has 4 N–H and O–H groups in total. The first-order chi connectivity index (χ1) is 11.7. The Morgan fingerprint density at radius 1 is 1.33 bits per heavy atom. The average Bonchev–Trinajstić information content (AvgIpc) is 2.62. The first-order valence-corrected chi connectivity index (χ1v) is 8.34. The summed E-state index contributed by atoms with van der Waals surface area (Å²) in [5.41, 5.74) is 6.47. The molecule has 0 unspecified atom stereocenters. The van der Waals surface area contributed by atoms with Gasteiger partial charge in [0.1, 0.15) is 11.8 Å². The molecule has 2 aromatic rings. The van der Waals surface area contributed by atoms with E-state index < -0.39 is 6.04 Å². The van der Waals surface area contributed by atoms with Crippen molar-refractivity contribution in [3.05, 3.63) is 36.5 Å². The Hall–Kier alpha value is -2.18. The second-order valence-corrected chi connectivity index (χ2v) is 6.25. The van der Waals surface area contributed by atoms with E-state index >= 15 is 0 Å². The lowest BCUT2D eigenvalue weighted by molar-refractivity contribution is -0.124. The van der Waals surface area contributed by atoms with Gasteiger partial charge in [0.15, 0.2) is 0 Å². The minimum Gasteiger partial charge on any atom is -0.490 e. The highest BCUT2D eigenvalue weighted by atomic mass is 16.5. The molecule has 1 aliphatic carbocycles. The SMILES string of the molecule is N[C@@H](CO)C(=O)NC1CCC(Oc2ccc3ncccc3c2)CC1. The minimum atomic E-state index is -0.842. The number of aliphatic hydroxyl groups excluding tert-OH is 1. The number of benzene rings is 1. The molecule has 0 bridgehead atoms. The van der Waals surface area contributed by atoms with Crippen LogP contribution in [0.15, 0.2) is 36.5 Å². The Kier molecular flexibility index (Phi) is 5.27. The van der Waals surface area contributed by atoms with Crippen molar-refractivity contribution in [1.29, 1.82) is 0 Å². The highest BCUT2D eigenvalue weighted by Gasteiger charge is 2.25. The molecule has 1 aliphatic rings. The number of hydrogen-bond donors (Lipinski definition) is 3. The summed E-state index contributed by atoms with van der Waals surface area (Å²) in [4.78, 5) is 16.0. The number of aliphatic hydroxyl groups is 1. The van der Waals surface area contributed by atoms with Crippen LogP contribution in [0.2, 0.25) is 0 Å². The van der Waals surface area contributed by atoms with Gasteiger partial charge in [-0.3, -0.25) is 9.78 Å². The van der Waals surface area contributed by atoms with E-state index in [1.54, 1.807) is 6.20 Å². The molecule has 0 saturated heterocycles. The number of amides is 1. The van der Waals surface area contributed by atoms with E-state index in [1.807, 2.05) is 30.3 Å². The molecule has 24 heavy (non-hydrogen) atoms. The Bertz CT molecular complexity index is 699. The third kappa shape index (κ3) is 4.01. The van der Waals surface area contributed by atoms with Gasteiger partial charge < -0.3 is 20.9 Å². The van der Waals surface area contributed by atoms with Gasteiger partial charge in [-0.05, 0) is 49.9 Å². The molecule has 1 aromatic carbocycles. The van der Waals surface area contributed by atoms with E-state index in [-0.39, 0.29) is 24.7 Å². The van der Waals surface area contributed by atoms with Gasteiger partial charge in [-0.15, -0.1) is 0 Å². The molecular formula is C18H23N3O3. The predicted molar refractivity (Wildman–Crippen MR) is 91.6 cm³/mol. The van der Waals surface area contributed by atoms with Gasteiger partial charge in [-0.25, -0.2) is 0 Å². The van der Waals surface area contributed by atoms with Gasteiger partial charge >= 0.3 is 0 Å². The predicted octanol–water partition coefficient (Wildman–Crippen LogP) is 1.36. The van der Waals surface area contributed by atoms with E-state index in [4.69, 9.17) is 15.6 Å². The van der Waals surface area contributed by atoms with Gasteiger partial charge in [0.05, 0.1) is 18.2 Å². The van der Waals surface area contributed by atoms with Crippen LogP contribution >= 0.6 is 0 Å². The summed E-state index contributed by atoms with van der Waals surface area (Å²) in [5.74, 6) is 0.564. The number of aromatic nitrogens is 1. The summed E-state index contributed by atoms with van der Waals surface area (Å²) >= 11 is 0. The number of ether oxygens (including phenoxy) is 1. The standard InChI is InChI=1S/C18H23N3O3/c19-16(11-22)18(23)21-13-3-5-14(6-4-13)24-15-7-8-17-12(10-15)2-1-9-20-17/h1-2,7-10,13-14,16,22H,3-6,11,19H2,(H,21,23)/t13?,14?,16-/m0/s1. The van der Waals surface area contributed by atoms with E-state index in [0.29, 0.717) is 0 Å². The smallest absolute Gasteiger partial charge is 0.239 e. The minimum absolute atomic E-state index is 0.107. The maximum Gasteiger partial charge on any atom is 0.239 e. The van der Waals surface area contributed by atoms with Gasteiger partial charge in [-0.2, -0.15) is 0 Å². The molecule has 0 radical (unpaired) electrons. The molecule has 1 atom stereocenters. The molecule has 128 valence electrons. The molecule has 1 aromatic heterocycles. The van der Waals surface area contributed by atoms with Crippen molar-refractivity contribution in [3.8, 4) is 5.75 Å². The van der Waals surface area contributed by atoms with E-state index in [2.05, 4.69) is 10.3 Å². The highest BCUT2D eigenvalue weighted by molar-refractivity contribution is 5.82. The van der Waals surface area contributed by atoms with Crippen LogP contribution in [0.1, 0.15) is 25.7 Å². The topological polar surface area (TPSA) is 97.5 Å². The summed E-state index contributed by atoms with van der Waals surface area (Å²) in [5, 5.41) is 12.9. The van der Waals surface area contributed by atoms with E-state index in [9.17, 15) is 4.79 Å². The van der Waals surface area contributed by atoms with E-state index in [1.165, 1.54) is 0 Å². The molecule has 1 fully saturated rings. The van der Waals surface area contributed by atoms with Crippen molar-refractivity contribution < 1.29 is 14.6 Å². The van der Waals surface area contributed by atoms with Crippen LogP contribution < -0.4 is 15.8 Å². The van der Waals surface area contributed by atoms with Crippen LogP contribution in [0.4, 0.5) is 0 Å². The summed E-state index contributed by atoms with van der Waals surface area (Å²) in [7, 11) is 0. The lowest BCUT2D eigenvalue weighted by atomic mass is 9.92. The number of hydrogen-bond acceptors (Lipinski definition) is 5. The van der Waals surface area contributed by atoms with Gasteiger partial charge in [0, 0.05) is 17.6 Å². The zero-order valence-corrected chi connectivity index (χ0v) is 13.5. The molecular weight excluding hydrogens is 306 g/mol. The van der Waals surface area contributed by atoms with Crippen molar-refractivity contribution in [3.63, 3.8) is 0 Å². The number of pyridine rings is 1. The number of rotatable bonds is 5. The molecule has 0 spiro atoms. The molecule has 6 nitrogen and oxygen atoms in total. The summed E-state index contributed by atoms with van der Waals surface area (Å²) in [6.07, 6.45) is 5.39. The van der Waals surface area contributed by atoms with Crippen molar-refractivity contribution >= 4 is 16.8 Å². The van der Waals surface area contributed by atoms with Crippen LogP contribution in [-0.2, 0) is 4.79 Å². The molecule has 1 heterocycles. The molecule has 1 saturated carbocycles. The zero-order chi connectivity index (χ0) is 16.9. The lowest BCUT2D eigenvalue weighted by Crippen LogP contribution is -2.48. The second-order valence-electron chi connectivity index (χ2n) is 6.25. The largest absolute Gasteiger partial charge is 0.490 e. The van der Waals surface area contributed by atoms with Crippen LogP contribution in [-0.4, -0.2) is 40.8 Å². The van der Waals surface area contributed by atoms with E-state index in [0.717, 1.165) is 42.3 Å². The van der Waals surface area contributed by atoms with Gasteiger partial charge in [0.25, 0.3) is 0 Å². The average molecular weight is 329 g/mol. The highest BCUT2D eigenvalue weighted by Crippen LogP contribution is 2.26. The zero-order valence-electron chi connectivity index (χ0n) is 13.5. The number of nitrogens with one attached hydrogen (secondary N) is 1. The molecule has 6 heteroatoms. The maximum atomic E-state index is 11.7. The third-order valence-corrected chi connectivity index (χ3v) is 4.43. The van der Waals surface area contributed by atoms with Crippen molar-refractivity contribution in [1.82, 2.24) is 10.3 Å². The Balaban J connectivity index is 1.52. The number of fused-ring (bicyclic) bond motifs is 1. The van der Waals surface area contributed by atoms with Crippen LogP contribution in [0.25, 0.3) is 10.9 Å². The first kappa shape index (κ1) is 16.7. The molecule has 3 rings (SSSR count). The molecule has 0 aliphatic heterocycles. The normalized spacial score (nSPS) is 22.1. The fourth-order valence-electron chi connectivity index (χ4n) is 3.04. The number of nitrogens with zero attached hydrogens (tertiary/aromatic N) is 1. The maximum absolute atomic E-state index is 11.7. The fourth-order valence-corrected chi connectivity index (χ4v) is 3.04. The quantitative estimate of drug-likeness (QED) is 0.769. The number of carbonyl (C=O) groups is 1. The van der Waals surface area contributed by atoms with Crippen molar-refractivity contribution in [2.24, 2.45) is 5.73 Å². The first-order valence-electron chi connectivity index (χ1n) is 8.34. The van der Waals surface area contributed by atoms with Crippen LogP contribution in [0.5, 0.6) is 5.75 Å². The monoisotopic (exact) mass is 329 g/mol. The molecule has 1 amide bonds. The van der Waals surface area contributed by atoms with Crippen LogP contribution in [0.3, 0.4) is 0 Å². The lowest BCUT2D eigenvalue weighted by Gasteiger charge is -2.30. The summed E-state index contributed by atoms with van der Waals surface area (Å²) < 4.78 is 6.08. The van der Waals surface area contributed by atoms with Gasteiger partial charge in [-0.1, -0.05) is 6.07 Å². The van der Waals surface area contributed by atoms with Gasteiger partial charge in [0.2, 0.25) is 5.91 Å². The second kappa shape index (κ2) is 7.59. The van der Waals surface area contributed by atoms with Crippen molar-refractivity contribution in [2.75, 3.05) is 6.61 Å². The Morgan fingerprint density at radius 3 is 2.88 bits per heavy atom. The van der Waals surface area contributed by atoms with Crippen LogP contribution in [0, 0.1) is 0 Å². The third-order valence-electron chi connectivity index (χ3n) is 4.43. The number of nitrogens with two attached hydrogens (primary N) is 1.